The van der Waals surface area contributed by atoms with Crippen molar-refractivity contribution in [3.05, 3.63) is 24.0 Å². The van der Waals surface area contributed by atoms with Gasteiger partial charge in [0, 0.05) is 25.0 Å². The Hall–Kier alpha value is -0.760. The summed E-state index contributed by atoms with van der Waals surface area (Å²) in [4.78, 5) is 0. The predicted octanol–water partition coefficient (Wildman–Crippen LogP) is 3.42. The van der Waals surface area contributed by atoms with Gasteiger partial charge in [-0.3, -0.25) is 0 Å². The molecule has 0 fully saturated rings. The zero-order chi connectivity index (χ0) is 11.8. The number of aromatic nitrogens is 1. The van der Waals surface area contributed by atoms with E-state index in [1.807, 2.05) is 0 Å². The van der Waals surface area contributed by atoms with Crippen LogP contribution in [0.1, 0.15) is 45.7 Å². The summed E-state index contributed by atoms with van der Waals surface area (Å²) in [6, 6.07) is 4.35. The zero-order valence-electron chi connectivity index (χ0n) is 11.0. The fourth-order valence-electron chi connectivity index (χ4n) is 1.92. The van der Waals surface area contributed by atoms with Gasteiger partial charge in [0.1, 0.15) is 0 Å². The molecule has 0 bridgehead atoms. The van der Waals surface area contributed by atoms with Crippen molar-refractivity contribution in [2.45, 2.75) is 53.1 Å². The molecular formula is C14H26N2. The number of hydrogen-bond donors (Lipinski definition) is 1. The van der Waals surface area contributed by atoms with Gasteiger partial charge in [-0.1, -0.05) is 20.8 Å². The van der Waals surface area contributed by atoms with E-state index in [4.69, 9.17) is 0 Å². The third-order valence-corrected chi connectivity index (χ3v) is 2.83. The van der Waals surface area contributed by atoms with Gasteiger partial charge in [-0.05, 0) is 43.9 Å². The molecule has 1 rings (SSSR count). The first-order valence-electron chi connectivity index (χ1n) is 6.58. The molecule has 0 aromatic carbocycles. The molecule has 2 heteroatoms. The molecule has 0 saturated heterocycles. The standard InChI is InChI=1S/C14H26N2/c1-4-10-16-11-6-8-14(16)12-15-9-5-7-13(2)3/h6,8,11,13,15H,4-5,7,9-10,12H2,1-3H3. The van der Waals surface area contributed by atoms with E-state index in [9.17, 15) is 0 Å². The molecule has 1 aromatic rings. The van der Waals surface area contributed by atoms with Gasteiger partial charge in [0.15, 0.2) is 0 Å². The zero-order valence-corrected chi connectivity index (χ0v) is 11.0. The SMILES string of the molecule is CCCn1cccc1CNCCCC(C)C. The second kappa shape index (κ2) is 7.50. The van der Waals surface area contributed by atoms with Crippen LogP contribution in [0.2, 0.25) is 0 Å². The van der Waals surface area contributed by atoms with E-state index >= 15 is 0 Å². The number of nitrogens with zero attached hydrogens (tertiary/aromatic N) is 1. The molecule has 1 aromatic heterocycles. The molecule has 0 unspecified atom stereocenters. The van der Waals surface area contributed by atoms with Gasteiger partial charge in [-0.25, -0.2) is 0 Å². The summed E-state index contributed by atoms with van der Waals surface area (Å²) >= 11 is 0. The van der Waals surface area contributed by atoms with E-state index in [0.29, 0.717) is 0 Å². The van der Waals surface area contributed by atoms with Crippen LogP contribution in [0, 0.1) is 5.92 Å². The van der Waals surface area contributed by atoms with Crippen LogP contribution in [0.4, 0.5) is 0 Å². The predicted molar refractivity (Wildman–Crippen MR) is 70.5 cm³/mol. The molecular weight excluding hydrogens is 196 g/mol. The van der Waals surface area contributed by atoms with E-state index in [-0.39, 0.29) is 0 Å². The lowest BCUT2D eigenvalue weighted by Gasteiger charge is -2.09. The highest BCUT2D eigenvalue weighted by molar-refractivity contribution is 5.06. The summed E-state index contributed by atoms with van der Waals surface area (Å²) in [5.74, 6) is 0.825. The van der Waals surface area contributed by atoms with Crippen molar-refractivity contribution in [3.8, 4) is 0 Å². The molecule has 16 heavy (non-hydrogen) atoms. The molecule has 1 N–H and O–H groups in total. The maximum Gasteiger partial charge on any atom is 0.0359 e. The Morgan fingerprint density at radius 3 is 2.88 bits per heavy atom. The Morgan fingerprint density at radius 2 is 2.19 bits per heavy atom. The Balaban J connectivity index is 2.18. The first-order valence-corrected chi connectivity index (χ1v) is 6.58. The van der Waals surface area contributed by atoms with Crippen LogP contribution in [0.25, 0.3) is 0 Å². The average molecular weight is 222 g/mol. The minimum Gasteiger partial charge on any atom is -0.350 e. The summed E-state index contributed by atoms with van der Waals surface area (Å²) in [5.41, 5.74) is 1.41. The van der Waals surface area contributed by atoms with Crippen molar-refractivity contribution in [1.29, 1.82) is 0 Å². The molecule has 0 amide bonds. The largest absolute Gasteiger partial charge is 0.350 e. The molecule has 0 saturated carbocycles. The summed E-state index contributed by atoms with van der Waals surface area (Å²) in [6.07, 6.45) is 5.98. The van der Waals surface area contributed by atoms with Gasteiger partial charge in [-0.2, -0.15) is 0 Å². The summed E-state index contributed by atoms with van der Waals surface area (Å²) in [6.45, 7) is 10.1. The van der Waals surface area contributed by atoms with Crippen LogP contribution in [-0.4, -0.2) is 11.1 Å². The normalized spacial score (nSPS) is 11.2. The molecule has 2 nitrogen and oxygen atoms in total. The Kier molecular flexibility index (Phi) is 6.24. The lowest BCUT2D eigenvalue weighted by Crippen LogP contribution is -2.17. The van der Waals surface area contributed by atoms with Gasteiger partial charge in [-0.15, -0.1) is 0 Å². The fourth-order valence-corrected chi connectivity index (χ4v) is 1.92. The van der Waals surface area contributed by atoms with Gasteiger partial charge >= 0.3 is 0 Å². The Bertz CT molecular complexity index is 276. The molecule has 1 heterocycles. The first-order chi connectivity index (χ1) is 7.74. The molecule has 0 aliphatic rings. The highest BCUT2D eigenvalue weighted by Gasteiger charge is 1.99. The second-order valence-electron chi connectivity index (χ2n) is 4.91. The van der Waals surface area contributed by atoms with Crippen molar-refractivity contribution in [2.75, 3.05) is 6.54 Å². The second-order valence-corrected chi connectivity index (χ2v) is 4.91. The lowest BCUT2D eigenvalue weighted by molar-refractivity contribution is 0.519. The quantitative estimate of drug-likeness (QED) is 0.667. The highest BCUT2D eigenvalue weighted by atomic mass is 15.0. The first kappa shape index (κ1) is 13.3. The summed E-state index contributed by atoms with van der Waals surface area (Å²) < 4.78 is 2.34. The molecule has 92 valence electrons. The van der Waals surface area contributed by atoms with Crippen LogP contribution in [0.15, 0.2) is 18.3 Å². The molecule has 0 atom stereocenters. The minimum atomic E-state index is 0.825. The smallest absolute Gasteiger partial charge is 0.0359 e. The Labute approximate surface area is 100 Å². The monoisotopic (exact) mass is 222 g/mol. The van der Waals surface area contributed by atoms with Crippen LogP contribution >= 0.6 is 0 Å². The number of aryl methyl sites for hydroxylation is 1. The summed E-state index contributed by atoms with van der Waals surface area (Å²) in [5, 5.41) is 3.52. The van der Waals surface area contributed by atoms with Gasteiger partial charge in [0.2, 0.25) is 0 Å². The van der Waals surface area contributed by atoms with Crippen molar-refractivity contribution in [2.24, 2.45) is 5.92 Å². The van der Waals surface area contributed by atoms with Crippen molar-refractivity contribution in [1.82, 2.24) is 9.88 Å². The third-order valence-electron chi connectivity index (χ3n) is 2.83. The third kappa shape index (κ3) is 4.84. The summed E-state index contributed by atoms with van der Waals surface area (Å²) in [7, 11) is 0. The van der Waals surface area contributed by atoms with Gasteiger partial charge in [0.05, 0.1) is 0 Å². The van der Waals surface area contributed by atoms with Gasteiger partial charge < -0.3 is 9.88 Å². The molecule has 0 radical (unpaired) electrons. The lowest BCUT2D eigenvalue weighted by atomic mass is 10.1. The van der Waals surface area contributed by atoms with Crippen LogP contribution in [0.5, 0.6) is 0 Å². The number of hydrogen-bond acceptors (Lipinski definition) is 1. The minimum absolute atomic E-state index is 0.825. The maximum absolute atomic E-state index is 3.52. The molecule has 0 aliphatic carbocycles. The Morgan fingerprint density at radius 1 is 1.38 bits per heavy atom. The topological polar surface area (TPSA) is 17.0 Å². The van der Waals surface area contributed by atoms with Crippen molar-refractivity contribution >= 4 is 0 Å². The molecule has 0 aliphatic heterocycles. The number of nitrogens with one attached hydrogen (secondary N) is 1. The molecule has 0 spiro atoms. The van der Waals surface area contributed by atoms with E-state index in [1.165, 1.54) is 25.0 Å². The van der Waals surface area contributed by atoms with E-state index < -0.39 is 0 Å². The highest BCUT2D eigenvalue weighted by Crippen LogP contribution is 2.04. The van der Waals surface area contributed by atoms with Gasteiger partial charge in [0.25, 0.3) is 0 Å². The van der Waals surface area contributed by atoms with E-state index in [2.05, 4.69) is 49.0 Å². The average Bonchev–Trinajstić information content (AvgIpc) is 2.65. The van der Waals surface area contributed by atoms with E-state index in [1.54, 1.807) is 0 Å². The van der Waals surface area contributed by atoms with Crippen LogP contribution in [0.3, 0.4) is 0 Å². The van der Waals surface area contributed by atoms with Crippen LogP contribution < -0.4 is 5.32 Å². The fraction of sp³-hybridized carbons (Fsp3) is 0.714. The van der Waals surface area contributed by atoms with Crippen molar-refractivity contribution in [3.63, 3.8) is 0 Å². The van der Waals surface area contributed by atoms with E-state index in [0.717, 1.165) is 25.6 Å². The van der Waals surface area contributed by atoms with Crippen LogP contribution in [-0.2, 0) is 13.1 Å². The number of rotatable bonds is 8. The maximum atomic E-state index is 3.52. The van der Waals surface area contributed by atoms with Crippen molar-refractivity contribution < 1.29 is 0 Å².